The molecule has 0 saturated carbocycles. The molecule has 1 aromatic heterocycles. The monoisotopic (exact) mass is 280 g/mol. The van der Waals surface area contributed by atoms with Gasteiger partial charge in [0.2, 0.25) is 5.03 Å². The molecular formula is C9H13FN2O3S2. The molecule has 96 valence electrons. The van der Waals surface area contributed by atoms with Gasteiger partial charge in [0.1, 0.15) is 0 Å². The van der Waals surface area contributed by atoms with Gasteiger partial charge >= 0.3 is 0 Å². The summed E-state index contributed by atoms with van der Waals surface area (Å²) in [6.45, 7) is 1.74. The third-order valence-electron chi connectivity index (χ3n) is 1.92. The first-order valence-corrected chi connectivity index (χ1v) is 7.89. The number of rotatable bonds is 6. The van der Waals surface area contributed by atoms with Gasteiger partial charge in [-0.25, -0.2) is 22.5 Å². The fourth-order valence-electron chi connectivity index (χ4n) is 1.07. The molecule has 0 aromatic carbocycles. The highest BCUT2D eigenvalue weighted by atomic mass is 32.2. The van der Waals surface area contributed by atoms with E-state index in [1.807, 2.05) is 0 Å². The first-order valence-electron chi connectivity index (χ1n) is 4.92. The lowest BCUT2D eigenvalue weighted by atomic mass is 10.5. The quantitative estimate of drug-likeness (QED) is 0.811. The van der Waals surface area contributed by atoms with E-state index in [4.69, 9.17) is 0 Å². The van der Waals surface area contributed by atoms with Crippen LogP contribution in [0.3, 0.4) is 0 Å². The van der Waals surface area contributed by atoms with Crippen LogP contribution in [0.15, 0.2) is 23.4 Å². The Kier molecular flexibility index (Phi) is 5.16. The summed E-state index contributed by atoms with van der Waals surface area (Å²) in [6.07, 6.45) is 1.20. The number of aromatic nitrogens is 1. The van der Waals surface area contributed by atoms with Crippen molar-refractivity contribution >= 4 is 20.8 Å². The largest absolute Gasteiger partial charge is 0.261 e. The van der Waals surface area contributed by atoms with E-state index in [9.17, 15) is 17.0 Å². The first kappa shape index (κ1) is 14.2. The standard InChI is InChI=1S/C9H13FN2O3S2/c1-2-16(13)7-6-12-17(14,15)9-8(10)4-3-5-11-9/h3-5,12H,2,6-7H2,1H3. The lowest BCUT2D eigenvalue weighted by molar-refractivity contribution is 0.546. The fourth-order valence-corrected chi connectivity index (χ4v) is 2.85. The summed E-state index contributed by atoms with van der Waals surface area (Å²) >= 11 is 0. The van der Waals surface area contributed by atoms with Crippen molar-refractivity contribution in [1.82, 2.24) is 9.71 Å². The van der Waals surface area contributed by atoms with Crippen LogP contribution in [0.25, 0.3) is 0 Å². The summed E-state index contributed by atoms with van der Waals surface area (Å²) in [4.78, 5) is 3.47. The third kappa shape index (κ3) is 4.14. The lowest BCUT2D eigenvalue weighted by Crippen LogP contribution is -2.29. The number of sulfonamides is 1. The predicted octanol–water partition coefficient (Wildman–Crippen LogP) is 0.268. The summed E-state index contributed by atoms with van der Waals surface area (Å²) in [5.74, 6) is -0.249. The SMILES string of the molecule is CCS(=O)CCNS(=O)(=O)c1ncccc1F. The van der Waals surface area contributed by atoms with Crippen LogP contribution in [0, 0.1) is 5.82 Å². The smallest absolute Gasteiger partial charge is 0.260 e. The van der Waals surface area contributed by atoms with Gasteiger partial charge < -0.3 is 0 Å². The Balaban J connectivity index is 2.70. The summed E-state index contributed by atoms with van der Waals surface area (Å²) < 4.78 is 49.7. The molecule has 8 heteroatoms. The van der Waals surface area contributed by atoms with E-state index < -0.39 is 31.7 Å². The molecule has 1 N–H and O–H groups in total. The number of nitrogens with one attached hydrogen (secondary N) is 1. The Labute approximate surface area is 102 Å². The molecule has 5 nitrogen and oxygen atoms in total. The zero-order chi connectivity index (χ0) is 12.9. The van der Waals surface area contributed by atoms with Crippen molar-refractivity contribution in [2.45, 2.75) is 11.9 Å². The van der Waals surface area contributed by atoms with Crippen molar-refractivity contribution in [3.63, 3.8) is 0 Å². The van der Waals surface area contributed by atoms with E-state index in [1.165, 1.54) is 12.3 Å². The van der Waals surface area contributed by atoms with Crippen LogP contribution < -0.4 is 4.72 Å². The average molecular weight is 280 g/mol. The minimum Gasteiger partial charge on any atom is -0.260 e. The maximum Gasteiger partial charge on any atom is 0.261 e. The molecular weight excluding hydrogens is 267 g/mol. The number of hydrogen-bond acceptors (Lipinski definition) is 4. The normalized spacial score (nSPS) is 13.5. The predicted molar refractivity (Wildman–Crippen MR) is 62.9 cm³/mol. The van der Waals surface area contributed by atoms with E-state index >= 15 is 0 Å². The van der Waals surface area contributed by atoms with Crippen LogP contribution in [-0.2, 0) is 20.8 Å². The Morgan fingerprint density at radius 2 is 2.24 bits per heavy atom. The van der Waals surface area contributed by atoms with Gasteiger partial charge in [0.05, 0.1) is 0 Å². The highest BCUT2D eigenvalue weighted by Crippen LogP contribution is 2.09. The summed E-state index contributed by atoms with van der Waals surface area (Å²) in [5.41, 5.74) is 0. The summed E-state index contributed by atoms with van der Waals surface area (Å²) in [6, 6.07) is 2.33. The van der Waals surface area contributed by atoms with Crippen LogP contribution >= 0.6 is 0 Å². The maximum atomic E-state index is 13.2. The minimum absolute atomic E-state index is 0.00119. The highest BCUT2D eigenvalue weighted by molar-refractivity contribution is 7.89. The van der Waals surface area contributed by atoms with Crippen molar-refractivity contribution in [3.8, 4) is 0 Å². The number of nitrogens with zero attached hydrogens (tertiary/aromatic N) is 1. The van der Waals surface area contributed by atoms with E-state index in [0.29, 0.717) is 5.75 Å². The topological polar surface area (TPSA) is 76.1 Å². The van der Waals surface area contributed by atoms with Gasteiger partial charge in [-0.1, -0.05) is 6.92 Å². The third-order valence-corrected chi connectivity index (χ3v) is 4.62. The molecule has 1 rings (SSSR count). The van der Waals surface area contributed by atoms with E-state index in [1.54, 1.807) is 6.92 Å². The zero-order valence-corrected chi connectivity index (χ0v) is 10.9. The second-order valence-electron chi connectivity index (χ2n) is 3.12. The molecule has 1 unspecified atom stereocenters. The van der Waals surface area contributed by atoms with Crippen molar-refractivity contribution in [3.05, 3.63) is 24.1 Å². The van der Waals surface area contributed by atoms with Gasteiger partial charge in [0.15, 0.2) is 5.82 Å². The molecule has 0 aliphatic heterocycles. The Morgan fingerprint density at radius 3 is 2.82 bits per heavy atom. The Hall–Kier alpha value is -0.860. The molecule has 0 bridgehead atoms. The number of hydrogen-bond donors (Lipinski definition) is 1. The van der Waals surface area contributed by atoms with Crippen LogP contribution in [0.1, 0.15) is 6.92 Å². The Bertz CT molecular complexity index is 505. The van der Waals surface area contributed by atoms with E-state index in [2.05, 4.69) is 9.71 Å². The lowest BCUT2D eigenvalue weighted by Gasteiger charge is -2.05. The first-order chi connectivity index (χ1) is 7.97. The second kappa shape index (κ2) is 6.18. The zero-order valence-electron chi connectivity index (χ0n) is 9.22. The maximum absolute atomic E-state index is 13.2. The molecule has 1 aromatic rings. The molecule has 0 amide bonds. The molecule has 0 radical (unpaired) electrons. The van der Waals surface area contributed by atoms with Crippen molar-refractivity contribution in [1.29, 1.82) is 0 Å². The van der Waals surface area contributed by atoms with Crippen LogP contribution in [-0.4, -0.2) is 35.7 Å². The van der Waals surface area contributed by atoms with Crippen LogP contribution in [0.2, 0.25) is 0 Å². The van der Waals surface area contributed by atoms with E-state index in [-0.39, 0.29) is 12.3 Å². The number of halogens is 1. The average Bonchev–Trinajstić information content (AvgIpc) is 2.28. The molecule has 0 aliphatic carbocycles. The van der Waals surface area contributed by atoms with Crippen LogP contribution in [0.5, 0.6) is 0 Å². The summed E-state index contributed by atoms with van der Waals surface area (Å²) in [7, 11) is -5.03. The van der Waals surface area contributed by atoms with Gasteiger partial charge in [-0.05, 0) is 12.1 Å². The van der Waals surface area contributed by atoms with Gasteiger partial charge in [-0.2, -0.15) is 0 Å². The Morgan fingerprint density at radius 1 is 1.53 bits per heavy atom. The molecule has 0 saturated heterocycles. The van der Waals surface area contributed by atoms with Gasteiger partial charge in [0.25, 0.3) is 10.0 Å². The molecule has 1 atom stereocenters. The minimum atomic E-state index is -3.97. The van der Waals surface area contributed by atoms with Crippen molar-refractivity contribution in [2.75, 3.05) is 18.1 Å². The van der Waals surface area contributed by atoms with Gasteiger partial charge in [-0.3, -0.25) is 4.21 Å². The van der Waals surface area contributed by atoms with Gasteiger partial charge in [0, 0.05) is 35.0 Å². The van der Waals surface area contributed by atoms with Gasteiger partial charge in [-0.15, -0.1) is 0 Å². The highest BCUT2D eigenvalue weighted by Gasteiger charge is 2.19. The molecule has 0 aliphatic rings. The van der Waals surface area contributed by atoms with Crippen molar-refractivity contribution in [2.24, 2.45) is 0 Å². The fraction of sp³-hybridized carbons (Fsp3) is 0.444. The van der Waals surface area contributed by atoms with Crippen molar-refractivity contribution < 1.29 is 17.0 Å². The molecule has 17 heavy (non-hydrogen) atoms. The molecule has 1 heterocycles. The summed E-state index contributed by atoms with van der Waals surface area (Å²) in [5, 5.41) is -0.637. The van der Waals surface area contributed by atoms with E-state index in [0.717, 1.165) is 6.07 Å². The molecule has 0 fully saturated rings. The van der Waals surface area contributed by atoms with Crippen LogP contribution in [0.4, 0.5) is 4.39 Å². The second-order valence-corrected chi connectivity index (χ2v) is 6.67. The number of pyridine rings is 1. The molecule has 0 spiro atoms.